The fourth-order valence-corrected chi connectivity index (χ4v) is 4.33. The summed E-state index contributed by atoms with van der Waals surface area (Å²) < 4.78 is 28.1. The second kappa shape index (κ2) is 7.24. The molecule has 7 heteroatoms. The SMILES string of the molecule is COCCOCCN1C(=O)[C@@]2(COc3cc4c(cc32)OCCO4)c2ccccc21. The second-order valence-electron chi connectivity index (χ2n) is 7.27. The molecule has 0 unspecified atom stereocenters. The molecule has 3 aliphatic rings. The highest BCUT2D eigenvalue weighted by Crippen LogP contribution is 2.54. The minimum absolute atomic E-state index is 0.00414. The van der Waals surface area contributed by atoms with Gasteiger partial charge in [0.15, 0.2) is 11.5 Å². The Kier molecular flexibility index (Phi) is 4.56. The number of carbonyl (C=O) groups excluding carboxylic acids is 1. The Morgan fingerprint density at radius 1 is 0.966 bits per heavy atom. The fraction of sp³-hybridized carbons (Fsp3) is 0.409. The predicted molar refractivity (Wildman–Crippen MR) is 105 cm³/mol. The number of nitrogens with zero attached hydrogens (tertiary/aromatic N) is 1. The maximum absolute atomic E-state index is 13.7. The number of hydrogen-bond donors (Lipinski definition) is 0. The van der Waals surface area contributed by atoms with Crippen LogP contribution in [0.25, 0.3) is 0 Å². The number of fused-ring (bicyclic) bond motifs is 5. The highest BCUT2D eigenvalue weighted by Gasteiger charge is 2.57. The number of hydrogen-bond acceptors (Lipinski definition) is 6. The van der Waals surface area contributed by atoms with Crippen LogP contribution in [0.1, 0.15) is 11.1 Å². The lowest BCUT2D eigenvalue weighted by atomic mass is 9.77. The average Bonchev–Trinajstić information content (AvgIpc) is 3.24. The first-order valence-corrected chi connectivity index (χ1v) is 9.81. The van der Waals surface area contributed by atoms with Crippen LogP contribution in [-0.2, 0) is 19.7 Å². The molecule has 29 heavy (non-hydrogen) atoms. The molecule has 152 valence electrons. The average molecular weight is 397 g/mol. The molecule has 1 atom stereocenters. The number of carbonyl (C=O) groups is 1. The van der Waals surface area contributed by atoms with Gasteiger partial charge in [-0.15, -0.1) is 0 Å². The summed E-state index contributed by atoms with van der Waals surface area (Å²) in [5.41, 5.74) is 1.83. The molecule has 2 aromatic rings. The summed E-state index contributed by atoms with van der Waals surface area (Å²) in [4.78, 5) is 15.5. The van der Waals surface area contributed by atoms with Gasteiger partial charge in [0.25, 0.3) is 0 Å². The van der Waals surface area contributed by atoms with Gasteiger partial charge in [0, 0.05) is 31.0 Å². The molecule has 1 spiro atoms. The standard InChI is InChI=1S/C22H23NO6/c1-25-8-9-26-7-6-23-17-5-3-2-4-15(17)22(21(23)24)14-29-18-13-20-19(12-16(18)22)27-10-11-28-20/h2-5,12-13H,6-11,14H2,1H3/t22-/m0/s1. The molecule has 0 aliphatic carbocycles. The van der Waals surface area contributed by atoms with Gasteiger partial charge in [-0.3, -0.25) is 4.79 Å². The minimum Gasteiger partial charge on any atom is -0.491 e. The zero-order valence-electron chi connectivity index (χ0n) is 16.3. The molecule has 0 saturated heterocycles. The van der Waals surface area contributed by atoms with E-state index >= 15 is 0 Å². The summed E-state index contributed by atoms with van der Waals surface area (Å²) in [6, 6.07) is 11.6. The van der Waals surface area contributed by atoms with Crippen molar-refractivity contribution in [3.8, 4) is 17.2 Å². The van der Waals surface area contributed by atoms with E-state index in [1.165, 1.54) is 0 Å². The van der Waals surface area contributed by atoms with Gasteiger partial charge < -0.3 is 28.6 Å². The summed E-state index contributed by atoms with van der Waals surface area (Å²) in [5.74, 6) is 2.00. The Morgan fingerprint density at radius 2 is 1.76 bits per heavy atom. The van der Waals surface area contributed by atoms with E-state index in [4.69, 9.17) is 23.7 Å². The highest BCUT2D eigenvalue weighted by molar-refractivity contribution is 6.11. The number of amides is 1. The van der Waals surface area contributed by atoms with Crippen LogP contribution in [-0.4, -0.2) is 59.2 Å². The van der Waals surface area contributed by atoms with Crippen LogP contribution in [0.5, 0.6) is 17.2 Å². The van der Waals surface area contributed by atoms with E-state index in [9.17, 15) is 4.79 Å². The van der Waals surface area contributed by atoms with Gasteiger partial charge in [0.05, 0.1) is 19.8 Å². The molecule has 0 saturated carbocycles. The fourth-order valence-electron chi connectivity index (χ4n) is 4.33. The predicted octanol–water partition coefficient (Wildman–Crippen LogP) is 2.15. The molecule has 3 heterocycles. The van der Waals surface area contributed by atoms with Crippen LogP contribution in [0.2, 0.25) is 0 Å². The van der Waals surface area contributed by atoms with E-state index in [1.54, 1.807) is 12.0 Å². The number of benzene rings is 2. The molecule has 7 nitrogen and oxygen atoms in total. The summed E-state index contributed by atoms with van der Waals surface area (Å²) in [6.45, 7) is 3.21. The Hall–Kier alpha value is -2.77. The number of ether oxygens (including phenoxy) is 5. The van der Waals surface area contributed by atoms with Crippen molar-refractivity contribution in [3.63, 3.8) is 0 Å². The second-order valence-corrected chi connectivity index (χ2v) is 7.27. The largest absolute Gasteiger partial charge is 0.491 e. The summed E-state index contributed by atoms with van der Waals surface area (Å²) in [5, 5.41) is 0. The van der Waals surface area contributed by atoms with Crippen molar-refractivity contribution >= 4 is 11.6 Å². The van der Waals surface area contributed by atoms with E-state index in [-0.39, 0.29) is 12.5 Å². The number of methoxy groups -OCH3 is 1. The third-order valence-corrected chi connectivity index (χ3v) is 5.70. The molecular formula is C22H23NO6. The molecule has 1 amide bonds. The molecule has 0 radical (unpaired) electrons. The first-order valence-electron chi connectivity index (χ1n) is 9.81. The Bertz CT molecular complexity index is 945. The zero-order valence-corrected chi connectivity index (χ0v) is 16.3. The van der Waals surface area contributed by atoms with Crippen molar-refractivity contribution in [3.05, 3.63) is 47.5 Å². The lowest BCUT2D eigenvalue weighted by molar-refractivity contribution is -0.122. The van der Waals surface area contributed by atoms with Crippen molar-refractivity contribution < 1.29 is 28.5 Å². The van der Waals surface area contributed by atoms with Gasteiger partial charge in [0.1, 0.15) is 31.0 Å². The molecule has 0 bridgehead atoms. The van der Waals surface area contributed by atoms with Crippen molar-refractivity contribution in [1.82, 2.24) is 0 Å². The minimum atomic E-state index is -0.867. The van der Waals surface area contributed by atoms with Gasteiger partial charge >= 0.3 is 0 Å². The molecule has 0 fully saturated rings. The van der Waals surface area contributed by atoms with Crippen LogP contribution in [0.15, 0.2) is 36.4 Å². The van der Waals surface area contributed by atoms with Crippen LogP contribution < -0.4 is 19.1 Å². The number of rotatable bonds is 6. The van der Waals surface area contributed by atoms with E-state index < -0.39 is 5.41 Å². The van der Waals surface area contributed by atoms with E-state index in [2.05, 4.69) is 0 Å². The van der Waals surface area contributed by atoms with Gasteiger partial charge in [-0.25, -0.2) is 0 Å². The molecule has 0 N–H and O–H groups in total. The Labute approximate surface area is 169 Å². The van der Waals surface area contributed by atoms with Crippen molar-refractivity contribution in [1.29, 1.82) is 0 Å². The maximum Gasteiger partial charge on any atom is 0.245 e. The summed E-state index contributed by atoms with van der Waals surface area (Å²) in [7, 11) is 1.64. The number of anilines is 1. The summed E-state index contributed by atoms with van der Waals surface area (Å²) in [6.07, 6.45) is 0. The van der Waals surface area contributed by atoms with Crippen LogP contribution in [0.3, 0.4) is 0 Å². The quantitative estimate of drug-likeness (QED) is 0.696. The Balaban J connectivity index is 1.51. The Morgan fingerprint density at radius 3 is 2.59 bits per heavy atom. The van der Waals surface area contributed by atoms with Crippen molar-refractivity contribution in [2.24, 2.45) is 0 Å². The third kappa shape index (κ3) is 2.76. The van der Waals surface area contributed by atoms with E-state index in [1.807, 2.05) is 36.4 Å². The first kappa shape index (κ1) is 18.3. The lowest BCUT2D eigenvalue weighted by Crippen LogP contribution is -2.43. The van der Waals surface area contributed by atoms with Crippen LogP contribution >= 0.6 is 0 Å². The van der Waals surface area contributed by atoms with Crippen molar-refractivity contribution in [2.75, 3.05) is 58.2 Å². The summed E-state index contributed by atoms with van der Waals surface area (Å²) >= 11 is 0. The lowest BCUT2D eigenvalue weighted by Gasteiger charge is -2.24. The van der Waals surface area contributed by atoms with E-state index in [0.717, 1.165) is 16.8 Å². The topological polar surface area (TPSA) is 66.5 Å². The maximum atomic E-state index is 13.7. The van der Waals surface area contributed by atoms with Crippen LogP contribution in [0.4, 0.5) is 5.69 Å². The molecule has 0 aromatic heterocycles. The normalized spacial score (nSPS) is 21.3. The van der Waals surface area contributed by atoms with Gasteiger partial charge in [0.2, 0.25) is 5.91 Å². The molecule has 5 rings (SSSR count). The van der Waals surface area contributed by atoms with Gasteiger partial charge in [-0.1, -0.05) is 18.2 Å². The first-order chi connectivity index (χ1) is 14.3. The third-order valence-electron chi connectivity index (χ3n) is 5.70. The van der Waals surface area contributed by atoms with E-state index in [0.29, 0.717) is 56.8 Å². The highest BCUT2D eigenvalue weighted by atomic mass is 16.6. The van der Waals surface area contributed by atoms with Crippen molar-refractivity contribution in [2.45, 2.75) is 5.41 Å². The molecule has 2 aromatic carbocycles. The molecular weight excluding hydrogens is 374 g/mol. The zero-order chi connectivity index (χ0) is 19.8. The van der Waals surface area contributed by atoms with Gasteiger partial charge in [-0.2, -0.15) is 0 Å². The van der Waals surface area contributed by atoms with Crippen LogP contribution in [0, 0.1) is 0 Å². The number of para-hydroxylation sites is 1. The smallest absolute Gasteiger partial charge is 0.245 e. The van der Waals surface area contributed by atoms with Gasteiger partial charge in [-0.05, 0) is 17.7 Å². The molecule has 3 aliphatic heterocycles. The monoisotopic (exact) mass is 397 g/mol.